The summed E-state index contributed by atoms with van der Waals surface area (Å²) in [6.45, 7) is 0.293. The predicted octanol–water partition coefficient (Wildman–Crippen LogP) is 4.40. The quantitative estimate of drug-likeness (QED) is 0.461. The summed E-state index contributed by atoms with van der Waals surface area (Å²) in [5.74, 6) is 1.63. The van der Waals surface area contributed by atoms with E-state index >= 15 is 0 Å². The Labute approximate surface area is 202 Å². The molecule has 0 spiro atoms. The molecule has 0 bridgehead atoms. The number of Topliss-reactive ketones (excluding diaryl/α,β-unsaturated/α-hetero) is 2. The summed E-state index contributed by atoms with van der Waals surface area (Å²) in [5, 5.41) is 2.78. The van der Waals surface area contributed by atoms with Gasteiger partial charge in [-0.2, -0.15) is 0 Å². The van der Waals surface area contributed by atoms with Gasteiger partial charge < -0.3 is 14.8 Å². The lowest BCUT2D eigenvalue weighted by atomic mass is 9.90. The Bertz CT molecular complexity index is 1260. The monoisotopic (exact) mass is 471 g/mol. The van der Waals surface area contributed by atoms with Crippen LogP contribution in [0.15, 0.2) is 60.9 Å². The second-order valence-corrected chi connectivity index (χ2v) is 8.84. The van der Waals surface area contributed by atoms with Crippen molar-refractivity contribution >= 4 is 23.3 Å². The number of aromatic nitrogens is 2. The molecule has 8 heteroatoms. The van der Waals surface area contributed by atoms with E-state index in [1.54, 1.807) is 30.3 Å². The molecule has 178 valence electrons. The Morgan fingerprint density at radius 3 is 2.60 bits per heavy atom. The molecule has 1 fully saturated rings. The Hall–Kier alpha value is -4.07. The van der Waals surface area contributed by atoms with Crippen LogP contribution in [-0.2, 0) is 16.0 Å². The molecule has 1 aliphatic carbocycles. The highest BCUT2D eigenvalue weighted by Crippen LogP contribution is 2.34. The normalized spacial score (nSPS) is 16.5. The maximum Gasteiger partial charge on any atom is 0.228 e. The Kier molecular flexibility index (Phi) is 6.52. The van der Waals surface area contributed by atoms with Gasteiger partial charge in [0.1, 0.15) is 29.4 Å². The molecule has 2 aromatic carbocycles. The van der Waals surface area contributed by atoms with Crippen LogP contribution in [0.2, 0.25) is 0 Å². The van der Waals surface area contributed by atoms with Crippen LogP contribution in [0.25, 0.3) is 0 Å². The molecule has 1 aliphatic heterocycles. The summed E-state index contributed by atoms with van der Waals surface area (Å²) < 4.78 is 11.7. The van der Waals surface area contributed by atoms with Crippen molar-refractivity contribution in [3.05, 3.63) is 72.1 Å². The van der Waals surface area contributed by atoms with Crippen molar-refractivity contribution in [3.8, 4) is 17.4 Å². The number of rotatable bonds is 9. The number of benzene rings is 2. The van der Waals surface area contributed by atoms with Crippen molar-refractivity contribution in [2.75, 3.05) is 11.9 Å². The fourth-order valence-electron chi connectivity index (χ4n) is 4.01. The third-order valence-corrected chi connectivity index (χ3v) is 6.15. The lowest BCUT2D eigenvalue weighted by molar-refractivity contribution is -0.124. The van der Waals surface area contributed by atoms with E-state index in [1.807, 2.05) is 24.3 Å². The van der Waals surface area contributed by atoms with Gasteiger partial charge in [0.05, 0.1) is 12.5 Å². The SMILES string of the molecule is O=C(CCC(=O)C1COc2ccc(Oc3cc(NC(=O)C4CC4)ncn3)cc2C1)c1ccccc1. The van der Waals surface area contributed by atoms with E-state index in [9.17, 15) is 14.4 Å². The molecule has 1 unspecified atom stereocenters. The van der Waals surface area contributed by atoms with E-state index in [-0.39, 0.29) is 42.2 Å². The first-order valence-corrected chi connectivity index (χ1v) is 11.7. The Balaban J connectivity index is 1.19. The molecule has 1 N–H and O–H groups in total. The van der Waals surface area contributed by atoms with Gasteiger partial charge in [0, 0.05) is 30.4 Å². The predicted molar refractivity (Wildman–Crippen MR) is 128 cm³/mol. The van der Waals surface area contributed by atoms with E-state index in [0.29, 0.717) is 41.8 Å². The highest BCUT2D eigenvalue weighted by molar-refractivity contribution is 5.98. The summed E-state index contributed by atoms with van der Waals surface area (Å²) in [4.78, 5) is 45.3. The van der Waals surface area contributed by atoms with E-state index in [1.165, 1.54) is 6.33 Å². The number of carbonyl (C=O) groups excluding carboxylic acids is 3. The summed E-state index contributed by atoms with van der Waals surface area (Å²) in [6, 6.07) is 16.0. The molecule has 2 heterocycles. The van der Waals surface area contributed by atoms with Crippen LogP contribution in [0.4, 0.5) is 5.82 Å². The first kappa shape index (κ1) is 22.7. The minimum absolute atomic E-state index is 0.0121. The lowest BCUT2D eigenvalue weighted by Gasteiger charge is -2.24. The number of nitrogens with one attached hydrogen (secondary N) is 1. The molecule has 0 radical (unpaired) electrons. The minimum Gasteiger partial charge on any atom is -0.493 e. The number of nitrogens with zero attached hydrogens (tertiary/aromatic N) is 2. The second-order valence-electron chi connectivity index (χ2n) is 8.84. The van der Waals surface area contributed by atoms with E-state index < -0.39 is 0 Å². The molecule has 1 aromatic heterocycles. The van der Waals surface area contributed by atoms with E-state index in [2.05, 4.69) is 15.3 Å². The third-order valence-electron chi connectivity index (χ3n) is 6.15. The lowest BCUT2D eigenvalue weighted by Crippen LogP contribution is -2.28. The minimum atomic E-state index is -0.315. The summed E-state index contributed by atoms with van der Waals surface area (Å²) >= 11 is 0. The average Bonchev–Trinajstić information content (AvgIpc) is 3.73. The molecule has 5 rings (SSSR count). The highest BCUT2D eigenvalue weighted by atomic mass is 16.5. The maximum absolute atomic E-state index is 12.8. The number of fused-ring (bicyclic) bond motifs is 1. The molecule has 35 heavy (non-hydrogen) atoms. The third kappa shape index (κ3) is 5.71. The number of ether oxygens (including phenoxy) is 2. The first-order chi connectivity index (χ1) is 17.0. The average molecular weight is 472 g/mol. The van der Waals surface area contributed by atoms with Crippen molar-refractivity contribution in [3.63, 3.8) is 0 Å². The van der Waals surface area contributed by atoms with Crippen LogP contribution in [0.5, 0.6) is 17.4 Å². The molecule has 1 saturated carbocycles. The molecule has 1 atom stereocenters. The standard InChI is InChI=1S/C27H25N3O5/c31-22(17-4-2-1-3-5-17)9-10-23(32)20-12-19-13-21(8-11-24(19)34-15-20)35-26-14-25(28-16-29-26)30-27(33)18-6-7-18/h1-5,8,11,13-14,16,18,20H,6-7,9-10,12,15H2,(H,28,29,30,33). The molecule has 2 aliphatic rings. The van der Waals surface area contributed by atoms with Crippen LogP contribution in [0.1, 0.15) is 41.6 Å². The molecular weight excluding hydrogens is 446 g/mol. The van der Waals surface area contributed by atoms with Crippen molar-refractivity contribution in [1.29, 1.82) is 0 Å². The number of hydrogen-bond donors (Lipinski definition) is 1. The van der Waals surface area contributed by atoms with Gasteiger partial charge in [-0.05, 0) is 43.0 Å². The van der Waals surface area contributed by atoms with E-state index in [0.717, 1.165) is 18.4 Å². The van der Waals surface area contributed by atoms with Gasteiger partial charge in [0.2, 0.25) is 11.8 Å². The fourth-order valence-corrected chi connectivity index (χ4v) is 4.01. The number of hydrogen-bond acceptors (Lipinski definition) is 7. The zero-order valence-corrected chi connectivity index (χ0v) is 19.1. The number of carbonyl (C=O) groups is 3. The molecule has 1 amide bonds. The van der Waals surface area contributed by atoms with Gasteiger partial charge in [-0.3, -0.25) is 14.4 Å². The van der Waals surface area contributed by atoms with Crippen LogP contribution in [0, 0.1) is 11.8 Å². The fraction of sp³-hybridized carbons (Fsp3) is 0.296. The molecule has 3 aromatic rings. The zero-order valence-electron chi connectivity index (χ0n) is 19.1. The van der Waals surface area contributed by atoms with Crippen LogP contribution >= 0.6 is 0 Å². The van der Waals surface area contributed by atoms with Crippen molar-refractivity contribution in [1.82, 2.24) is 9.97 Å². The molecular formula is C27H25N3O5. The highest BCUT2D eigenvalue weighted by Gasteiger charge is 2.30. The van der Waals surface area contributed by atoms with Gasteiger partial charge >= 0.3 is 0 Å². The van der Waals surface area contributed by atoms with Crippen molar-refractivity contribution < 1.29 is 23.9 Å². The summed E-state index contributed by atoms with van der Waals surface area (Å²) in [7, 11) is 0. The zero-order chi connectivity index (χ0) is 24.2. The van der Waals surface area contributed by atoms with Crippen molar-refractivity contribution in [2.24, 2.45) is 11.8 Å². The smallest absolute Gasteiger partial charge is 0.228 e. The maximum atomic E-state index is 12.8. The van der Waals surface area contributed by atoms with Crippen LogP contribution in [0.3, 0.4) is 0 Å². The largest absolute Gasteiger partial charge is 0.493 e. The molecule has 0 saturated heterocycles. The topological polar surface area (TPSA) is 107 Å². The van der Waals surface area contributed by atoms with Crippen molar-refractivity contribution in [2.45, 2.75) is 32.1 Å². The number of anilines is 1. The summed E-state index contributed by atoms with van der Waals surface area (Å²) in [6.07, 6.45) is 4.03. The van der Waals surface area contributed by atoms with Gasteiger partial charge in [-0.15, -0.1) is 0 Å². The first-order valence-electron chi connectivity index (χ1n) is 11.7. The van der Waals surface area contributed by atoms with E-state index in [4.69, 9.17) is 9.47 Å². The Morgan fingerprint density at radius 2 is 1.80 bits per heavy atom. The van der Waals surface area contributed by atoms with Gasteiger partial charge in [-0.1, -0.05) is 30.3 Å². The van der Waals surface area contributed by atoms with Crippen LogP contribution in [-0.4, -0.2) is 34.0 Å². The Morgan fingerprint density at radius 1 is 0.971 bits per heavy atom. The second kappa shape index (κ2) is 10.0. The summed E-state index contributed by atoms with van der Waals surface area (Å²) in [5.41, 5.74) is 1.48. The number of ketones is 2. The van der Waals surface area contributed by atoms with Gasteiger partial charge in [-0.25, -0.2) is 9.97 Å². The molecule has 8 nitrogen and oxygen atoms in total. The number of amides is 1. The van der Waals surface area contributed by atoms with Crippen LogP contribution < -0.4 is 14.8 Å². The van der Waals surface area contributed by atoms with Gasteiger partial charge in [0.15, 0.2) is 5.78 Å². The van der Waals surface area contributed by atoms with Gasteiger partial charge in [0.25, 0.3) is 0 Å².